The molecule has 0 bridgehead atoms. The molecule has 1 amide bonds. The van der Waals surface area contributed by atoms with Crippen LogP contribution in [0.1, 0.15) is 38.7 Å². The van der Waals surface area contributed by atoms with Crippen molar-refractivity contribution in [1.29, 1.82) is 0 Å². The van der Waals surface area contributed by atoms with Gasteiger partial charge in [0.05, 0.1) is 18.2 Å². The van der Waals surface area contributed by atoms with Gasteiger partial charge in [-0.25, -0.2) is 0 Å². The summed E-state index contributed by atoms with van der Waals surface area (Å²) >= 11 is 0. The Morgan fingerprint density at radius 3 is 2.23 bits per heavy atom. The van der Waals surface area contributed by atoms with Crippen molar-refractivity contribution >= 4 is 25.0 Å². The lowest BCUT2D eigenvalue weighted by molar-refractivity contribution is -0.138. The van der Waals surface area contributed by atoms with Crippen molar-refractivity contribution < 1.29 is 28.9 Å². The molecule has 0 fully saturated rings. The Bertz CT molecular complexity index is 803. The Balaban J connectivity index is 3.14. The van der Waals surface area contributed by atoms with Gasteiger partial charge in [-0.3, -0.25) is 18.9 Å². The number of carbonyl (C=O) groups is 3. The average Bonchev–Trinajstić information content (AvgIpc) is 2.67. The number of aliphatic carboxylic acids is 1. The molecule has 1 aromatic carbocycles. The average molecular weight is 442 g/mol. The first-order valence-corrected chi connectivity index (χ1v) is 11.4. The number of rotatable bonds is 12. The Hall–Kier alpha value is -2.10. The first-order chi connectivity index (χ1) is 13.9. The van der Waals surface area contributed by atoms with Gasteiger partial charge in [0.2, 0.25) is 13.3 Å². The molecule has 0 aliphatic rings. The zero-order valence-corrected chi connectivity index (χ0v) is 18.0. The smallest absolute Gasteiger partial charge is 0.306 e. The van der Waals surface area contributed by atoms with E-state index in [1.807, 2.05) is 6.07 Å². The maximum absolute atomic E-state index is 13.0. The Morgan fingerprint density at radius 2 is 1.77 bits per heavy atom. The normalized spacial score (nSPS) is 18.3. The van der Waals surface area contributed by atoms with E-state index in [9.17, 15) is 23.8 Å². The minimum atomic E-state index is -4.31. The van der Waals surface area contributed by atoms with Crippen LogP contribution in [-0.4, -0.2) is 50.8 Å². The number of amides is 1. The van der Waals surface area contributed by atoms with Gasteiger partial charge >= 0.3 is 5.97 Å². The van der Waals surface area contributed by atoms with Gasteiger partial charge in [0, 0.05) is 0 Å². The highest BCUT2D eigenvalue weighted by atomic mass is 31.2. The summed E-state index contributed by atoms with van der Waals surface area (Å²) in [7, 11) is -4.31. The van der Waals surface area contributed by atoms with Gasteiger partial charge < -0.3 is 32.5 Å². The zero-order valence-electron chi connectivity index (χ0n) is 17.2. The molecule has 3 unspecified atom stereocenters. The van der Waals surface area contributed by atoms with Crippen LogP contribution in [0.4, 0.5) is 0 Å². The second-order valence-electron chi connectivity index (χ2n) is 7.38. The molecule has 0 aromatic heterocycles. The number of nitrogens with two attached hydrogens (primary N) is 3. The van der Waals surface area contributed by atoms with Gasteiger partial charge in [-0.05, 0) is 25.3 Å². The standard InChI is InChI=1S/C19H31N4O6P/c1-3-9-19(22,17(26)14(21)10-13-7-5-4-6-8-13)18(27)23-15(11-16(24)25)30(28,29)12(2)20/h4-8,12,14-15H,3,9-11,20-22H2,1-2H3,(H,23,27)(H,24,25)(H,28,29)/t12?,14-,15?,19+/m0/s1. The molecule has 0 aliphatic heterocycles. The van der Waals surface area contributed by atoms with Crippen LogP contribution in [0.25, 0.3) is 0 Å². The molecule has 9 N–H and O–H groups in total. The summed E-state index contributed by atoms with van der Waals surface area (Å²) in [5, 5.41) is 11.2. The van der Waals surface area contributed by atoms with Crippen LogP contribution in [0.2, 0.25) is 0 Å². The van der Waals surface area contributed by atoms with E-state index >= 15 is 0 Å². The second kappa shape index (κ2) is 10.8. The van der Waals surface area contributed by atoms with Crippen LogP contribution in [0, 0.1) is 0 Å². The molecular weight excluding hydrogens is 411 g/mol. The van der Waals surface area contributed by atoms with Crippen molar-refractivity contribution in [3.63, 3.8) is 0 Å². The third-order valence-corrected chi connectivity index (χ3v) is 7.19. The number of ketones is 1. The van der Waals surface area contributed by atoms with Gasteiger partial charge in [0.25, 0.3) is 0 Å². The molecule has 0 saturated heterocycles. The predicted molar refractivity (Wildman–Crippen MR) is 113 cm³/mol. The van der Waals surface area contributed by atoms with Crippen molar-refractivity contribution in [2.75, 3.05) is 0 Å². The van der Waals surface area contributed by atoms with E-state index in [4.69, 9.17) is 22.3 Å². The van der Waals surface area contributed by atoms with Crippen molar-refractivity contribution in [3.8, 4) is 0 Å². The van der Waals surface area contributed by atoms with Crippen molar-refractivity contribution in [2.24, 2.45) is 17.2 Å². The predicted octanol–water partition coefficient (Wildman–Crippen LogP) is 0.115. The monoisotopic (exact) mass is 442 g/mol. The van der Waals surface area contributed by atoms with Crippen molar-refractivity contribution in [1.82, 2.24) is 5.32 Å². The summed E-state index contributed by atoms with van der Waals surface area (Å²) < 4.78 is 12.5. The van der Waals surface area contributed by atoms with Gasteiger partial charge in [0.15, 0.2) is 11.3 Å². The van der Waals surface area contributed by atoms with Crippen LogP contribution < -0.4 is 22.5 Å². The molecule has 10 nitrogen and oxygen atoms in total. The van der Waals surface area contributed by atoms with Gasteiger partial charge in [-0.15, -0.1) is 0 Å². The molecule has 0 saturated carbocycles. The molecule has 0 radical (unpaired) electrons. The molecule has 0 heterocycles. The summed E-state index contributed by atoms with van der Waals surface area (Å²) in [6, 6.07) is 7.83. The molecular formula is C19H31N4O6P. The van der Waals surface area contributed by atoms with E-state index in [1.54, 1.807) is 31.2 Å². The highest BCUT2D eigenvalue weighted by Gasteiger charge is 2.46. The number of nitrogens with one attached hydrogen (secondary N) is 1. The SMILES string of the molecule is CCC[C@](N)(C(=O)NC(CC(=O)O)P(=O)(O)C(C)N)C(=O)[C@@H](N)Cc1ccccc1. The van der Waals surface area contributed by atoms with Crippen LogP contribution in [0.3, 0.4) is 0 Å². The minimum absolute atomic E-state index is 0.0755. The highest BCUT2D eigenvalue weighted by molar-refractivity contribution is 7.59. The number of hydrogen-bond acceptors (Lipinski definition) is 7. The van der Waals surface area contributed by atoms with Crippen molar-refractivity contribution in [3.05, 3.63) is 35.9 Å². The third kappa shape index (κ3) is 6.45. The number of carboxylic acids is 1. The van der Waals surface area contributed by atoms with Gasteiger partial charge in [-0.2, -0.15) is 0 Å². The Morgan fingerprint density at radius 1 is 1.20 bits per heavy atom. The lowest BCUT2D eigenvalue weighted by Gasteiger charge is -2.32. The molecule has 0 aliphatic carbocycles. The zero-order chi connectivity index (χ0) is 23.1. The third-order valence-electron chi connectivity index (χ3n) is 4.82. The fraction of sp³-hybridized carbons (Fsp3) is 0.526. The second-order valence-corrected chi connectivity index (χ2v) is 10.2. The summed E-state index contributed by atoms with van der Waals surface area (Å²) in [5.74, 6) is -6.20. The maximum Gasteiger partial charge on any atom is 0.306 e. The topological polar surface area (TPSA) is 199 Å². The van der Waals surface area contributed by atoms with E-state index < -0.39 is 54.6 Å². The lowest BCUT2D eigenvalue weighted by atomic mass is 9.83. The van der Waals surface area contributed by atoms with Crippen LogP contribution in [0.15, 0.2) is 30.3 Å². The van der Waals surface area contributed by atoms with Crippen LogP contribution in [-0.2, 0) is 25.4 Å². The molecule has 0 spiro atoms. The van der Waals surface area contributed by atoms with Crippen LogP contribution in [0.5, 0.6) is 0 Å². The summed E-state index contributed by atoms with van der Waals surface area (Å²) in [6.45, 7) is 2.93. The molecule has 5 atom stereocenters. The molecule has 1 rings (SSSR count). The van der Waals surface area contributed by atoms with Crippen LogP contribution >= 0.6 is 7.37 Å². The molecule has 168 valence electrons. The maximum atomic E-state index is 13.0. The van der Waals surface area contributed by atoms with E-state index in [-0.39, 0.29) is 12.8 Å². The molecule has 11 heteroatoms. The number of carboxylic acid groups (broad SMARTS) is 1. The van der Waals surface area contributed by atoms with E-state index in [0.717, 1.165) is 5.56 Å². The summed E-state index contributed by atoms with van der Waals surface area (Å²) in [6.07, 6.45) is -0.435. The fourth-order valence-electron chi connectivity index (χ4n) is 3.04. The first-order valence-electron chi connectivity index (χ1n) is 9.59. The molecule has 1 aromatic rings. The van der Waals surface area contributed by atoms with E-state index in [0.29, 0.717) is 6.42 Å². The highest BCUT2D eigenvalue weighted by Crippen LogP contribution is 2.49. The first kappa shape index (κ1) is 25.9. The van der Waals surface area contributed by atoms with E-state index in [1.165, 1.54) is 6.92 Å². The van der Waals surface area contributed by atoms with E-state index in [2.05, 4.69) is 5.32 Å². The van der Waals surface area contributed by atoms with Crippen molar-refractivity contribution in [2.45, 2.75) is 62.7 Å². The quantitative estimate of drug-likeness (QED) is 0.192. The summed E-state index contributed by atoms with van der Waals surface area (Å²) in [5.41, 5.74) is 16.4. The fourth-order valence-corrected chi connectivity index (χ4v) is 4.33. The number of Topliss-reactive ketones (excluding diaryl/α,β-unsaturated/α-hetero) is 1. The van der Waals surface area contributed by atoms with Gasteiger partial charge in [0.1, 0.15) is 5.78 Å². The summed E-state index contributed by atoms with van der Waals surface area (Å²) in [4.78, 5) is 47.3. The molecule has 30 heavy (non-hydrogen) atoms. The largest absolute Gasteiger partial charge is 0.481 e. The number of hydrogen-bond donors (Lipinski definition) is 6. The minimum Gasteiger partial charge on any atom is -0.481 e. The Kier molecular flexibility index (Phi) is 9.33. The Labute approximate surface area is 175 Å². The number of carbonyl (C=O) groups excluding carboxylic acids is 2. The van der Waals surface area contributed by atoms with Gasteiger partial charge in [-0.1, -0.05) is 43.7 Å². The lowest BCUT2D eigenvalue weighted by Crippen LogP contribution is -2.65. The number of benzene rings is 1.